The average molecular weight is 256 g/mol. The van der Waals surface area contributed by atoms with Gasteiger partial charge in [-0.1, -0.05) is 0 Å². The highest BCUT2D eigenvalue weighted by molar-refractivity contribution is 5.96. The van der Waals surface area contributed by atoms with E-state index in [9.17, 15) is 4.79 Å². The lowest BCUT2D eigenvalue weighted by Gasteiger charge is -2.29. The van der Waals surface area contributed by atoms with Crippen molar-refractivity contribution in [3.63, 3.8) is 0 Å². The second-order valence-corrected chi connectivity index (χ2v) is 4.85. The van der Waals surface area contributed by atoms with Crippen molar-refractivity contribution in [3.8, 4) is 0 Å². The molecule has 0 unspecified atom stereocenters. The van der Waals surface area contributed by atoms with Gasteiger partial charge in [-0.25, -0.2) is 0 Å². The van der Waals surface area contributed by atoms with E-state index in [0.29, 0.717) is 13.0 Å². The number of fused-ring (bicyclic) bond motifs is 1. The van der Waals surface area contributed by atoms with Gasteiger partial charge in [0, 0.05) is 31.0 Å². The summed E-state index contributed by atoms with van der Waals surface area (Å²) >= 11 is 0. The Bertz CT molecular complexity index is 632. The Morgan fingerprint density at radius 3 is 2.89 bits per heavy atom. The van der Waals surface area contributed by atoms with Crippen molar-refractivity contribution in [1.82, 2.24) is 9.78 Å². The SMILES string of the molecule is Cn1ccc(CN2C(=O)CCc3cc(N)ccc32)n1. The maximum absolute atomic E-state index is 12.1. The fourth-order valence-corrected chi connectivity index (χ4v) is 2.46. The maximum Gasteiger partial charge on any atom is 0.227 e. The monoisotopic (exact) mass is 256 g/mol. The Labute approximate surface area is 111 Å². The van der Waals surface area contributed by atoms with E-state index in [1.807, 2.05) is 37.5 Å². The van der Waals surface area contributed by atoms with E-state index in [0.717, 1.165) is 29.1 Å². The van der Waals surface area contributed by atoms with E-state index in [-0.39, 0.29) is 5.91 Å². The minimum atomic E-state index is 0.142. The zero-order chi connectivity index (χ0) is 13.4. The zero-order valence-corrected chi connectivity index (χ0v) is 10.8. The average Bonchev–Trinajstić information content (AvgIpc) is 2.78. The molecule has 0 atom stereocenters. The van der Waals surface area contributed by atoms with E-state index < -0.39 is 0 Å². The summed E-state index contributed by atoms with van der Waals surface area (Å²) in [4.78, 5) is 13.9. The van der Waals surface area contributed by atoms with Crippen LogP contribution < -0.4 is 10.6 Å². The van der Waals surface area contributed by atoms with Crippen molar-refractivity contribution in [2.45, 2.75) is 19.4 Å². The summed E-state index contributed by atoms with van der Waals surface area (Å²) in [5.74, 6) is 0.142. The number of hydrogen-bond acceptors (Lipinski definition) is 3. The fourth-order valence-electron chi connectivity index (χ4n) is 2.46. The van der Waals surface area contributed by atoms with Gasteiger partial charge in [0.05, 0.1) is 12.2 Å². The molecule has 1 amide bonds. The molecule has 5 nitrogen and oxygen atoms in total. The van der Waals surface area contributed by atoms with Gasteiger partial charge in [0.15, 0.2) is 0 Å². The van der Waals surface area contributed by atoms with Gasteiger partial charge in [-0.15, -0.1) is 0 Å². The largest absolute Gasteiger partial charge is 0.399 e. The topological polar surface area (TPSA) is 64.2 Å². The van der Waals surface area contributed by atoms with Crippen LogP contribution in [-0.2, 0) is 24.8 Å². The van der Waals surface area contributed by atoms with E-state index in [4.69, 9.17) is 5.73 Å². The normalized spacial score (nSPS) is 14.6. The highest BCUT2D eigenvalue weighted by atomic mass is 16.2. The number of aryl methyl sites for hydroxylation is 2. The van der Waals surface area contributed by atoms with Crippen LogP contribution >= 0.6 is 0 Å². The maximum atomic E-state index is 12.1. The molecule has 2 N–H and O–H groups in total. The Kier molecular flexibility index (Phi) is 2.74. The number of benzene rings is 1. The molecule has 1 aliphatic rings. The molecule has 0 radical (unpaired) electrons. The summed E-state index contributed by atoms with van der Waals surface area (Å²) in [6, 6.07) is 7.64. The zero-order valence-electron chi connectivity index (χ0n) is 10.8. The van der Waals surface area contributed by atoms with E-state index in [1.54, 1.807) is 9.58 Å². The molecule has 98 valence electrons. The van der Waals surface area contributed by atoms with Gasteiger partial charge in [-0.3, -0.25) is 9.48 Å². The van der Waals surface area contributed by atoms with Gasteiger partial charge < -0.3 is 10.6 Å². The van der Waals surface area contributed by atoms with Crippen molar-refractivity contribution >= 4 is 17.3 Å². The highest BCUT2D eigenvalue weighted by Gasteiger charge is 2.24. The Morgan fingerprint density at radius 2 is 2.16 bits per heavy atom. The van der Waals surface area contributed by atoms with Gasteiger partial charge in [-0.2, -0.15) is 5.10 Å². The molecule has 1 aromatic heterocycles. The van der Waals surface area contributed by atoms with Crippen LogP contribution in [0.5, 0.6) is 0 Å². The van der Waals surface area contributed by atoms with Crippen molar-refractivity contribution in [2.75, 3.05) is 10.6 Å². The smallest absolute Gasteiger partial charge is 0.227 e. The van der Waals surface area contributed by atoms with Crippen LogP contribution in [0.2, 0.25) is 0 Å². The predicted molar refractivity (Wildman–Crippen MR) is 73.6 cm³/mol. The summed E-state index contributed by atoms with van der Waals surface area (Å²) in [5, 5.41) is 4.33. The van der Waals surface area contributed by atoms with Gasteiger partial charge in [0.2, 0.25) is 5.91 Å². The fraction of sp³-hybridized carbons (Fsp3) is 0.286. The molecule has 0 aliphatic carbocycles. The molecule has 3 rings (SSSR count). The van der Waals surface area contributed by atoms with Crippen molar-refractivity contribution < 1.29 is 4.79 Å². The molecule has 19 heavy (non-hydrogen) atoms. The second kappa shape index (κ2) is 4.42. The minimum Gasteiger partial charge on any atom is -0.399 e. The van der Waals surface area contributed by atoms with Crippen LogP contribution in [0.15, 0.2) is 30.5 Å². The number of nitrogens with zero attached hydrogens (tertiary/aromatic N) is 3. The van der Waals surface area contributed by atoms with Crippen LogP contribution in [0.4, 0.5) is 11.4 Å². The summed E-state index contributed by atoms with van der Waals surface area (Å²) in [7, 11) is 1.87. The van der Waals surface area contributed by atoms with Crippen LogP contribution in [0.1, 0.15) is 17.7 Å². The molecule has 0 fully saturated rings. The molecule has 0 saturated carbocycles. The van der Waals surface area contributed by atoms with Crippen LogP contribution in [0.25, 0.3) is 0 Å². The molecular formula is C14H16N4O. The minimum absolute atomic E-state index is 0.142. The summed E-state index contributed by atoms with van der Waals surface area (Å²) in [6.07, 6.45) is 3.18. The first-order valence-electron chi connectivity index (χ1n) is 6.31. The standard InChI is InChI=1S/C14H16N4O/c1-17-7-6-12(16-17)9-18-13-4-3-11(15)8-10(13)2-5-14(18)19/h3-4,6-8H,2,5,9,15H2,1H3. The molecule has 1 aliphatic heterocycles. The number of anilines is 2. The van der Waals surface area contributed by atoms with Crippen molar-refractivity contribution in [2.24, 2.45) is 7.05 Å². The first-order valence-corrected chi connectivity index (χ1v) is 6.31. The summed E-state index contributed by atoms with van der Waals surface area (Å²) < 4.78 is 1.74. The number of rotatable bonds is 2. The molecule has 0 bridgehead atoms. The quantitative estimate of drug-likeness (QED) is 0.828. The first kappa shape index (κ1) is 11.8. The summed E-state index contributed by atoms with van der Waals surface area (Å²) in [5.41, 5.74) is 9.52. The van der Waals surface area contributed by atoms with E-state index in [1.165, 1.54) is 0 Å². The van der Waals surface area contributed by atoms with E-state index >= 15 is 0 Å². The Morgan fingerprint density at radius 1 is 1.32 bits per heavy atom. The van der Waals surface area contributed by atoms with Gasteiger partial charge in [0.1, 0.15) is 0 Å². The van der Waals surface area contributed by atoms with Crippen molar-refractivity contribution in [3.05, 3.63) is 41.7 Å². The van der Waals surface area contributed by atoms with Crippen LogP contribution in [-0.4, -0.2) is 15.7 Å². The number of amides is 1. The third-order valence-corrected chi connectivity index (χ3v) is 3.39. The summed E-state index contributed by atoms with van der Waals surface area (Å²) in [6.45, 7) is 0.511. The lowest BCUT2D eigenvalue weighted by atomic mass is 10.0. The molecule has 0 saturated heterocycles. The second-order valence-electron chi connectivity index (χ2n) is 4.85. The third kappa shape index (κ3) is 2.19. The molecule has 1 aromatic carbocycles. The molecule has 0 spiro atoms. The lowest BCUT2D eigenvalue weighted by Crippen LogP contribution is -2.34. The van der Waals surface area contributed by atoms with Gasteiger partial charge >= 0.3 is 0 Å². The Hall–Kier alpha value is -2.30. The number of carbonyl (C=O) groups is 1. The number of nitrogens with two attached hydrogens (primary N) is 1. The lowest BCUT2D eigenvalue weighted by molar-refractivity contribution is -0.119. The first-order chi connectivity index (χ1) is 9.13. The van der Waals surface area contributed by atoms with Gasteiger partial charge in [0.25, 0.3) is 0 Å². The molecule has 5 heteroatoms. The highest BCUT2D eigenvalue weighted by Crippen LogP contribution is 2.30. The Balaban J connectivity index is 1.94. The number of aromatic nitrogens is 2. The molecular weight excluding hydrogens is 240 g/mol. The molecule has 2 heterocycles. The number of nitrogen functional groups attached to an aromatic ring is 1. The van der Waals surface area contributed by atoms with Crippen LogP contribution in [0.3, 0.4) is 0 Å². The van der Waals surface area contributed by atoms with Crippen LogP contribution in [0, 0.1) is 0 Å². The third-order valence-electron chi connectivity index (χ3n) is 3.39. The predicted octanol–water partition coefficient (Wildman–Crippen LogP) is 1.48. The van der Waals surface area contributed by atoms with Crippen molar-refractivity contribution in [1.29, 1.82) is 0 Å². The molecule has 2 aromatic rings. The van der Waals surface area contributed by atoms with E-state index in [2.05, 4.69) is 5.10 Å². The van der Waals surface area contributed by atoms with Gasteiger partial charge in [-0.05, 0) is 36.2 Å². The number of carbonyl (C=O) groups excluding carboxylic acids is 1. The number of hydrogen-bond donors (Lipinski definition) is 1.